The molecular weight excluding hydrogens is 528 g/mol. The van der Waals surface area contributed by atoms with Gasteiger partial charge in [-0.05, 0) is 61.2 Å². The number of ketones is 1. The van der Waals surface area contributed by atoms with Gasteiger partial charge in [-0.3, -0.25) is 19.0 Å². The number of carbonyl (C=O) groups is 2. The van der Waals surface area contributed by atoms with E-state index < -0.39 is 0 Å². The molecule has 1 saturated heterocycles. The molecule has 0 bridgehead atoms. The second-order valence-electron chi connectivity index (χ2n) is 10.8. The van der Waals surface area contributed by atoms with Gasteiger partial charge in [-0.25, -0.2) is 4.98 Å². The number of anilines is 1. The molecule has 2 heterocycles. The minimum Gasteiger partial charge on any atom is -0.370 e. The zero-order chi connectivity index (χ0) is 28.2. The van der Waals surface area contributed by atoms with Crippen molar-refractivity contribution in [2.24, 2.45) is 5.92 Å². The zero-order valence-corrected chi connectivity index (χ0v) is 23.4. The van der Waals surface area contributed by atoms with Crippen molar-refractivity contribution in [1.29, 1.82) is 5.26 Å². The van der Waals surface area contributed by atoms with E-state index in [-0.39, 0.29) is 18.0 Å². The molecule has 1 aromatic heterocycles. The molecular formula is C30H33ClN6O3. The average Bonchev–Trinajstić information content (AvgIpc) is 3.21. The third-order valence-electron chi connectivity index (χ3n) is 7.93. The van der Waals surface area contributed by atoms with Crippen molar-refractivity contribution in [3.63, 3.8) is 0 Å². The number of nitrogens with zero attached hydrogens (tertiary/aromatic N) is 6. The Morgan fingerprint density at radius 3 is 2.75 bits per heavy atom. The molecule has 1 unspecified atom stereocenters. The molecule has 5 rings (SSSR count). The van der Waals surface area contributed by atoms with E-state index in [1.54, 1.807) is 25.2 Å². The molecule has 2 aliphatic rings. The van der Waals surface area contributed by atoms with Crippen LogP contribution < -0.4 is 10.5 Å². The van der Waals surface area contributed by atoms with Crippen LogP contribution in [0.25, 0.3) is 10.9 Å². The van der Waals surface area contributed by atoms with Gasteiger partial charge in [-0.2, -0.15) is 5.26 Å². The van der Waals surface area contributed by atoms with Crippen LogP contribution in [-0.4, -0.2) is 70.8 Å². The first-order valence-electron chi connectivity index (χ1n) is 13.7. The molecule has 0 spiro atoms. The molecule has 2 fully saturated rings. The first-order valence-corrected chi connectivity index (χ1v) is 14.1. The van der Waals surface area contributed by atoms with Crippen molar-refractivity contribution >= 4 is 39.9 Å². The molecule has 1 aliphatic heterocycles. The number of fused-ring (bicyclic) bond motifs is 1. The summed E-state index contributed by atoms with van der Waals surface area (Å²) in [5.74, 6) is 0.630. The van der Waals surface area contributed by atoms with Crippen LogP contribution in [0.1, 0.15) is 36.8 Å². The largest absolute Gasteiger partial charge is 0.370 e. The fourth-order valence-corrected chi connectivity index (χ4v) is 5.90. The topological polar surface area (TPSA) is 103 Å². The molecule has 0 N–H and O–H groups in total. The highest BCUT2D eigenvalue weighted by molar-refractivity contribution is 6.31. The van der Waals surface area contributed by atoms with E-state index in [1.807, 2.05) is 24.3 Å². The average molecular weight is 561 g/mol. The quantitative estimate of drug-likeness (QED) is 0.436. The third kappa shape index (κ3) is 6.35. The van der Waals surface area contributed by atoms with Crippen LogP contribution in [-0.2, 0) is 22.7 Å². The lowest BCUT2D eigenvalue weighted by Crippen LogP contribution is -2.34. The summed E-state index contributed by atoms with van der Waals surface area (Å²) in [5.41, 5.74) is 2.49. The normalized spacial score (nSPS) is 18.1. The summed E-state index contributed by atoms with van der Waals surface area (Å²) < 4.78 is 1.35. The van der Waals surface area contributed by atoms with E-state index in [0.717, 1.165) is 63.2 Å². The van der Waals surface area contributed by atoms with Crippen molar-refractivity contribution in [3.8, 4) is 6.07 Å². The van der Waals surface area contributed by atoms with Gasteiger partial charge in [0.05, 0.1) is 27.8 Å². The van der Waals surface area contributed by atoms with Gasteiger partial charge < -0.3 is 14.7 Å². The summed E-state index contributed by atoms with van der Waals surface area (Å²) in [5, 5.41) is 9.89. The Morgan fingerprint density at radius 1 is 1.15 bits per heavy atom. The third-order valence-corrected chi connectivity index (χ3v) is 8.24. The Morgan fingerprint density at radius 2 is 2.00 bits per heavy atom. The Bertz CT molecular complexity index is 1530. The number of aromatic nitrogens is 2. The van der Waals surface area contributed by atoms with Gasteiger partial charge in [0.25, 0.3) is 5.56 Å². The second kappa shape index (κ2) is 12.2. The van der Waals surface area contributed by atoms with Crippen molar-refractivity contribution in [3.05, 3.63) is 69.2 Å². The summed E-state index contributed by atoms with van der Waals surface area (Å²) in [6.07, 6.45) is 4.88. The molecule has 3 aromatic rings. The van der Waals surface area contributed by atoms with Gasteiger partial charge in [0.15, 0.2) is 0 Å². The maximum absolute atomic E-state index is 13.4. The van der Waals surface area contributed by atoms with Gasteiger partial charge >= 0.3 is 0 Å². The second-order valence-corrected chi connectivity index (χ2v) is 11.3. The van der Waals surface area contributed by atoms with Gasteiger partial charge in [0, 0.05) is 58.3 Å². The Balaban J connectivity index is 1.25. The Labute approximate surface area is 238 Å². The number of likely N-dealkylation sites (N-methyl/N-ethyl adjacent to an activating group) is 1. The van der Waals surface area contributed by atoms with E-state index >= 15 is 0 Å². The van der Waals surface area contributed by atoms with Crippen molar-refractivity contribution in [1.82, 2.24) is 19.4 Å². The molecule has 10 heteroatoms. The number of Topliss-reactive ketones (excluding diaryl/α,β-unsaturated/α-hetero) is 1. The standard InChI is InChI=1S/C30H33ClN6O3/c1-34(17-22-3-5-23(16-32)27(31)14-22)29(39)19-37-20-33-28-8-6-24(15-26(28)30(37)40)36-10-2-9-35(11-12-36)18-21-4-7-25(38)13-21/h3,5-6,8,14-15,20-21H,2,4,7,9-13,17-19H2,1H3. The molecule has 1 aliphatic carbocycles. The van der Waals surface area contributed by atoms with E-state index in [9.17, 15) is 14.4 Å². The highest BCUT2D eigenvalue weighted by Gasteiger charge is 2.25. The number of hydrogen-bond acceptors (Lipinski definition) is 7. The van der Waals surface area contributed by atoms with E-state index in [1.165, 1.54) is 15.8 Å². The molecule has 0 radical (unpaired) electrons. The van der Waals surface area contributed by atoms with Gasteiger partial charge in [-0.1, -0.05) is 17.7 Å². The minimum absolute atomic E-state index is 0.130. The van der Waals surface area contributed by atoms with Gasteiger partial charge in [-0.15, -0.1) is 0 Å². The summed E-state index contributed by atoms with van der Waals surface area (Å²) in [7, 11) is 1.67. The summed E-state index contributed by atoms with van der Waals surface area (Å²) in [4.78, 5) is 48.7. The predicted molar refractivity (Wildman–Crippen MR) is 154 cm³/mol. The zero-order valence-electron chi connectivity index (χ0n) is 22.7. The number of carbonyl (C=O) groups excluding carboxylic acids is 2. The smallest absolute Gasteiger partial charge is 0.261 e. The van der Waals surface area contributed by atoms with Crippen LogP contribution in [0.15, 0.2) is 47.5 Å². The Kier molecular flexibility index (Phi) is 8.48. The lowest BCUT2D eigenvalue weighted by Gasteiger charge is -2.25. The van der Waals surface area contributed by atoms with Crippen molar-refractivity contribution < 1.29 is 9.59 Å². The maximum atomic E-state index is 13.4. The molecule has 1 saturated carbocycles. The molecule has 1 atom stereocenters. The first-order chi connectivity index (χ1) is 19.3. The summed E-state index contributed by atoms with van der Waals surface area (Å²) in [6.45, 7) is 4.82. The van der Waals surface area contributed by atoms with Gasteiger partial charge in [0.2, 0.25) is 5.91 Å². The fraction of sp³-hybridized carbons (Fsp3) is 0.433. The SMILES string of the molecule is CN(Cc1ccc(C#N)c(Cl)c1)C(=O)Cn1cnc2ccc(N3CCCN(CC4CCC(=O)C4)CC3)cc2c1=O. The monoisotopic (exact) mass is 560 g/mol. The molecule has 1 amide bonds. The number of benzene rings is 2. The fourth-order valence-electron chi connectivity index (χ4n) is 5.66. The van der Waals surface area contributed by atoms with Crippen LogP contribution in [0.2, 0.25) is 5.02 Å². The van der Waals surface area contributed by atoms with Crippen LogP contribution in [0.4, 0.5) is 5.69 Å². The minimum atomic E-state index is -0.252. The number of rotatable bonds is 7. The predicted octanol–water partition coefficient (Wildman–Crippen LogP) is 3.46. The number of amides is 1. The Hall–Kier alpha value is -3.74. The highest BCUT2D eigenvalue weighted by atomic mass is 35.5. The summed E-state index contributed by atoms with van der Waals surface area (Å²) >= 11 is 6.13. The van der Waals surface area contributed by atoms with Crippen molar-refractivity contribution in [2.45, 2.75) is 38.8 Å². The summed E-state index contributed by atoms with van der Waals surface area (Å²) in [6, 6.07) is 12.8. The van der Waals surface area contributed by atoms with E-state index in [0.29, 0.717) is 46.2 Å². The maximum Gasteiger partial charge on any atom is 0.261 e. The van der Waals surface area contributed by atoms with Crippen LogP contribution in [0.5, 0.6) is 0 Å². The molecule has 208 valence electrons. The number of nitriles is 1. The molecule has 2 aromatic carbocycles. The van der Waals surface area contributed by atoms with E-state index in [2.05, 4.69) is 14.8 Å². The van der Waals surface area contributed by atoms with E-state index in [4.69, 9.17) is 16.9 Å². The molecule has 9 nitrogen and oxygen atoms in total. The lowest BCUT2D eigenvalue weighted by atomic mass is 10.1. The van der Waals surface area contributed by atoms with Crippen LogP contribution >= 0.6 is 11.6 Å². The molecule has 40 heavy (non-hydrogen) atoms. The van der Waals surface area contributed by atoms with Crippen molar-refractivity contribution in [2.75, 3.05) is 44.7 Å². The van der Waals surface area contributed by atoms with Crippen LogP contribution in [0, 0.1) is 17.2 Å². The number of halogens is 1. The highest BCUT2D eigenvalue weighted by Crippen LogP contribution is 2.25. The lowest BCUT2D eigenvalue weighted by molar-refractivity contribution is -0.131. The first kappa shape index (κ1) is 27.8. The van der Waals surface area contributed by atoms with Gasteiger partial charge in [0.1, 0.15) is 18.4 Å². The number of hydrogen-bond donors (Lipinski definition) is 0. The van der Waals surface area contributed by atoms with Crippen LogP contribution in [0.3, 0.4) is 0 Å².